The van der Waals surface area contributed by atoms with E-state index in [2.05, 4.69) is 15.2 Å². The Morgan fingerprint density at radius 2 is 2.15 bits per heavy atom. The number of fused-ring (bicyclic) bond motifs is 1. The fraction of sp³-hybridized carbons (Fsp3) is 0.474. The van der Waals surface area contributed by atoms with Crippen LogP contribution in [-0.2, 0) is 6.42 Å². The molecule has 142 valence electrons. The molecule has 0 aromatic carbocycles. The van der Waals surface area contributed by atoms with Gasteiger partial charge in [0.15, 0.2) is 11.3 Å². The van der Waals surface area contributed by atoms with Crippen LogP contribution in [0.4, 0.5) is 0 Å². The van der Waals surface area contributed by atoms with E-state index in [1.165, 1.54) is 4.52 Å². The molecule has 8 nitrogen and oxygen atoms in total. The summed E-state index contributed by atoms with van der Waals surface area (Å²) in [6, 6.07) is 3.43. The highest BCUT2D eigenvalue weighted by molar-refractivity contribution is 5.92. The van der Waals surface area contributed by atoms with Gasteiger partial charge in [-0.2, -0.15) is 0 Å². The lowest BCUT2D eigenvalue weighted by Crippen LogP contribution is -2.39. The maximum atomic E-state index is 13.0. The average molecular weight is 369 g/mol. The Morgan fingerprint density at radius 3 is 2.89 bits per heavy atom. The highest BCUT2D eigenvalue weighted by Crippen LogP contribution is 2.31. The summed E-state index contributed by atoms with van der Waals surface area (Å²) in [5.74, 6) is 0.550. The average Bonchev–Trinajstić information content (AvgIpc) is 3.33. The van der Waals surface area contributed by atoms with E-state index in [1.807, 2.05) is 24.8 Å². The van der Waals surface area contributed by atoms with E-state index in [9.17, 15) is 9.59 Å². The van der Waals surface area contributed by atoms with Crippen LogP contribution in [0.2, 0.25) is 0 Å². The van der Waals surface area contributed by atoms with E-state index in [4.69, 9.17) is 4.52 Å². The second kappa shape index (κ2) is 6.68. The number of carbonyl (C=O) groups is 1. The van der Waals surface area contributed by atoms with Crippen LogP contribution >= 0.6 is 0 Å². The molecule has 1 N–H and O–H groups in total. The summed E-state index contributed by atoms with van der Waals surface area (Å²) in [5, 5.41) is 7.08. The molecule has 0 saturated carbocycles. The second-order valence-corrected chi connectivity index (χ2v) is 7.07. The van der Waals surface area contributed by atoms with Gasteiger partial charge in [0.05, 0.1) is 11.7 Å². The van der Waals surface area contributed by atoms with Crippen molar-refractivity contribution in [1.29, 1.82) is 0 Å². The third kappa shape index (κ3) is 2.94. The van der Waals surface area contributed by atoms with Gasteiger partial charge in [-0.25, -0.2) is 9.50 Å². The highest BCUT2D eigenvalue weighted by Gasteiger charge is 2.31. The van der Waals surface area contributed by atoms with Gasteiger partial charge in [0.2, 0.25) is 0 Å². The number of H-pyrrole nitrogens is 1. The lowest BCUT2D eigenvalue weighted by molar-refractivity contribution is 0.0595. The van der Waals surface area contributed by atoms with Crippen molar-refractivity contribution in [2.75, 3.05) is 6.54 Å². The number of hydrogen-bond acceptors (Lipinski definition) is 5. The van der Waals surface area contributed by atoms with Gasteiger partial charge >= 0.3 is 0 Å². The van der Waals surface area contributed by atoms with E-state index >= 15 is 0 Å². The van der Waals surface area contributed by atoms with Crippen LogP contribution in [-0.4, -0.2) is 37.1 Å². The number of nitrogens with one attached hydrogen (secondary N) is 1. The molecule has 4 heterocycles. The Kier molecular flexibility index (Phi) is 4.33. The van der Waals surface area contributed by atoms with Crippen LogP contribution in [0.15, 0.2) is 21.5 Å². The SMILES string of the molecule is CCc1cc(C(=O)N2CCCC[C@H]2c2cc3nc(C)c(C)c(=O)n3[nH]2)no1. The standard InChI is InChI=1S/C19H23N5O3/c1-4-13-9-15(22-27-13)19(26)23-8-6-5-7-16(23)14-10-17-20-12(3)11(2)18(25)24(17)21-14/h9-10,16,21H,4-8H2,1-3H3/t16-/m0/s1. The van der Waals surface area contributed by atoms with Gasteiger partial charge in [-0.05, 0) is 33.1 Å². The lowest BCUT2D eigenvalue weighted by Gasteiger charge is -2.34. The molecule has 3 aromatic heterocycles. The van der Waals surface area contributed by atoms with Crippen LogP contribution in [0.1, 0.15) is 65.4 Å². The summed E-state index contributed by atoms with van der Waals surface area (Å²) in [7, 11) is 0. The van der Waals surface area contributed by atoms with Crippen molar-refractivity contribution in [3.63, 3.8) is 0 Å². The third-order valence-electron chi connectivity index (χ3n) is 5.35. The molecule has 1 fully saturated rings. The van der Waals surface area contributed by atoms with Crippen LogP contribution in [0.5, 0.6) is 0 Å². The van der Waals surface area contributed by atoms with Crippen molar-refractivity contribution in [3.8, 4) is 0 Å². The van der Waals surface area contributed by atoms with Crippen molar-refractivity contribution < 1.29 is 9.32 Å². The van der Waals surface area contributed by atoms with Crippen molar-refractivity contribution >= 4 is 11.6 Å². The number of aryl methyl sites for hydroxylation is 2. The Labute approximate surface area is 156 Å². The van der Waals surface area contributed by atoms with E-state index in [-0.39, 0.29) is 17.5 Å². The summed E-state index contributed by atoms with van der Waals surface area (Å²) >= 11 is 0. The maximum absolute atomic E-state index is 13.0. The quantitative estimate of drug-likeness (QED) is 0.765. The Morgan fingerprint density at radius 1 is 1.33 bits per heavy atom. The number of rotatable bonds is 3. The number of carbonyl (C=O) groups excluding carboxylic acids is 1. The van der Waals surface area contributed by atoms with E-state index in [0.29, 0.717) is 35.6 Å². The Balaban J connectivity index is 1.72. The molecule has 4 rings (SSSR count). The van der Waals surface area contributed by atoms with Crippen LogP contribution < -0.4 is 5.56 Å². The molecule has 1 aliphatic heterocycles. The molecule has 0 bridgehead atoms. The van der Waals surface area contributed by atoms with Gasteiger partial charge in [-0.15, -0.1) is 0 Å². The molecule has 1 amide bonds. The fourth-order valence-electron chi connectivity index (χ4n) is 3.63. The summed E-state index contributed by atoms with van der Waals surface area (Å²) in [5.41, 5.74) is 2.95. The van der Waals surface area contributed by atoms with Gasteiger partial charge in [0.1, 0.15) is 5.76 Å². The Bertz CT molecular complexity index is 1060. The van der Waals surface area contributed by atoms with Crippen LogP contribution in [0.3, 0.4) is 0 Å². The zero-order chi connectivity index (χ0) is 19.1. The monoisotopic (exact) mass is 369 g/mol. The van der Waals surface area contributed by atoms with Crippen molar-refractivity contribution in [2.24, 2.45) is 0 Å². The number of piperidine rings is 1. The van der Waals surface area contributed by atoms with Crippen molar-refractivity contribution in [3.05, 3.63) is 50.9 Å². The summed E-state index contributed by atoms with van der Waals surface area (Å²) in [4.78, 5) is 31.8. The first-order chi connectivity index (χ1) is 13.0. The molecule has 1 saturated heterocycles. The van der Waals surface area contributed by atoms with Gasteiger partial charge < -0.3 is 9.42 Å². The molecule has 1 atom stereocenters. The highest BCUT2D eigenvalue weighted by atomic mass is 16.5. The molecule has 0 unspecified atom stereocenters. The lowest BCUT2D eigenvalue weighted by atomic mass is 9.99. The minimum atomic E-state index is -0.144. The van der Waals surface area contributed by atoms with E-state index in [1.54, 1.807) is 13.0 Å². The van der Waals surface area contributed by atoms with E-state index < -0.39 is 0 Å². The van der Waals surface area contributed by atoms with Gasteiger partial charge in [-0.3, -0.25) is 14.7 Å². The normalized spacial score (nSPS) is 17.6. The summed E-state index contributed by atoms with van der Waals surface area (Å²) in [6.07, 6.45) is 3.48. The molecular formula is C19H23N5O3. The first kappa shape index (κ1) is 17.5. The molecule has 8 heteroatoms. The van der Waals surface area contributed by atoms with E-state index in [0.717, 1.165) is 30.7 Å². The number of likely N-dealkylation sites (tertiary alicyclic amines) is 1. The predicted octanol–water partition coefficient (Wildman–Crippen LogP) is 2.56. The molecule has 1 aliphatic rings. The van der Waals surface area contributed by atoms with Gasteiger partial charge in [0.25, 0.3) is 11.5 Å². The predicted molar refractivity (Wildman–Crippen MR) is 98.8 cm³/mol. The Hall–Kier alpha value is -2.90. The largest absolute Gasteiger partial charge is 0.361 e. The molecule has 0 radical (unpaired) electrons. The minimum absolute atomic E-state index is 0.110. The molecule has 3 aromatic rings. The number of nitrogens with zero attached hydrogens (tertiary/aromatic N) is 4. The molecule has 0 spiro atoms. The number of amides is 1. The summed E-state index contributed by atoms with van der Waals surface area (Å²) < 4.78 is 6.65. The van der Waals surface area contributed by atoms with Crippen LogP contribution in [0, 0.1) is 13.8 Å². The molecule has 0 aliphatic carbocycles. The van der Waals surface area contributed by atoms with Crippen molar-refractivity contribution in [2.45, 2.75) is 52.5 Å². The number of aromatic amines is 1. The van der Waals surface area contributed by atoms with Crippen molar-refractivity contribution in [1.82, 2.24) is 24.7 Å². The fourth-order valence-corrected chi connectivity index (χ4v) is 3.63. The minimum Gasteiger partial charge on any atom is -0.361 e. The van der Waals surface area contributed by atoms with Crippen LogP contribution in [0.25, 0.3) is 5.65 Å². The second-order valence-electron chi connectivity index (χ2n) is 7.07. The smallest absolute Gasteiger partial charge is 0.276 e. The first-order valence-corrected chi connectivity index (χ1v) is 9.35. The van der Waals surface area contributed by atoms with Gasteiger partial charge in [-0.1, -0.05) is 12.1 Å². The zero-order valence-electron chi connectivity index (χ0n) is 15.8. The number of aromatic nitrogens is 4. The maximum Gasteiger partial charge on any atom is 0.276 e. The summed E-state index contributed by atoms with van der Waals surface area (Å²) in [6.45, 7) is 6.20. The zero-order valence-corrected chi connectivity index (χ0v) is 15.8. The first-order valence-electron chi connectivity index (χ1n) is 9.35. The molecule has 27 heavy (non-hydrogen) atoms. The molecular weight excluding hydrogens is 346 g/mol. The van der Waals surface area contributed by atoms with Gasteiger partial charge in [0, 0.05) is 36.4 Å². The third-order valence-corrected chi connectivity index (χ3v) is 5.35. The number of hydrogen-bond donors (Lipinski definition) is 1. The topological polar surface area (TPSA) is 96.5 Å².